The number of ketones is 1. The van der Waals surface area contributed by atoms with E-state index in [1.165, 1.54) is 31.4 Å². The third-order valence-electron chi connectivity index (χ3n) is 2.74. The van der Waals surface area contributed by atoms with Crippen LogP contribution < -0.4 is 0 Å². The minimum Gasteiger partial charge on any atom is -0.294 e. The fourth-order valence-corrected chi connectivity index (χ4v) is 2.31. The number of hydrogen-bond acceptors (Lipinski definition) is 1. The molecule has 0 unspecified atom stereocenters. The highest BCUT2D eigenvalue weighted by molar-refractivity contribution is 9.10. The summed E-state index contributed by atoms with van der Waals surface area (Å²) in [6, 6.07) is 4.22. The Morgan fingerprint density at radius 2 is 1.94 bits per heavy atom. The predicted molar refractivity (Wildman–Crippen MR) is 71.8 cm³/mol. The van der Waals surface area contributed by atoms with Gasteiger partial charge in [-0.1, -0.05) is 32.6 Å². The van der Waals surface area contributed by atoms with E-state index in [0.717, 1.165) is 12.8 Å². The maximum atomic E-state index is 12.9. The van der Waals surface area contributed by atoms with Crippen LogP contribution in [-0.2, 0) is 0 Å². The molecule has 0 aromatic heterocycles. The summed E-state index contributed by atoms with van der Waals surface area (Å²) < 4.78 is 13.4. The maximum Gasteiger partial charge on any atom is 0.164 e. The smallest absolute Gasteiger partial charge is 0.164 e. The van der Waals surface area contributed by atoms with E-state index in [0.29, 0.717) is 16.5 Å². The quantitative estimate of drug-likeness (QED) is 0.504. The van der Waals surface area contributed by atoms with Crippen molar-refractivity contribution in [2.45, 2.75) is 45.4 Å². The first-order valence-electron chi connectivity index (χ1n) is 6.13. The Bertz CT molecular complexity index is 376. The van der Waals surface area contributed by atoms with E-state index >= 15 is 0 Å². The molecule has 0 saturated heterocycles. The Labute approximate surface area is 111 Å². The van der Waals surface area contributed by atoms with Gasteiger partial charge in [-0.2, -0.15) is 0 Å². The first kappa shape index (κ1) is 14.4. The Hall–Kier alpha value is -0.700. The SMILES string of the molecule is CCCCCCCC(=O)c1ccc(F)cc1Br. The number of Topliss-reactive ketones (excluding diaryl/α,β-unsaturated/α-hetero) is 1. The van der Waals surface area contributed by atoms with Gasteiger partial charge in [0, 0.05) is 16.5 Å². The average molecular weight is 301 g/mol. The van der Waals surface area contributed by atoms with Gasteiger partial charge in [0.1, 0.15) is 5.82 Å². The van der Waals surface area contributed by atoms with E-state index in [-0.39, 0.29) is 11.6 Å². The van der Waals surface area contributed by atoms with E-state index in [1.807, 2.05) is 0 Å². The van der Waals surface area contributed by atoms with Gasteiger partial charge in [0.2, 0.25) is 0 Å². The van der Waals surface area contributed by atoms with Crippen LogP contribution in [0, 0.1) is 5.82 Å². The topological polar surface area (TPSA) is 17.1 Å². The molecule has 0 saturated carbocycles. The van der Waals surface area contributed by atoms with E-state index in [9.17, 15) is 9.18 Å². The van der Waals surface area contributed by atoms with Gasteiger partial charge in [-0.05, 0) is 40.5 Å². The van der Waals surface area contributed by atoms with Crippen molar-refractivity contribution in [2.75, 3.05) is 0 Å². The molecule has 0 fully saturated rings. The van der Waals surface area contributed by atoms with Crippen molar-refractivity contribution in [3.63, 3.8) is 0 Å². The van der Waals surface area contributed by atoms with Gasteiger partial charge in [0.15, 0.2) is 5.78 Å². The van der Waals surface area contributed by atoms with Gasteiger partial charge >= 0.3 is 0 Å². The molecule has 1 aromatic rings. The molecule has 0 aliphatic heterocycles. The normalized spacial score (nSPS) is 10.5. The lowest BCUT2D eigenvalue weighted by atomic mass is 10.0. The molecule has 1 nitrogen and oxygen atoms in total. The van der Waals surface area contributed by atoms with Crippen molar-refractivity contribution in [1.29, 1.82) is 0 Å². The molecule has 0 bridgehead atoms. The summed E-state index contributed by atoms with van der Waals surface area (Å²) in [5.41, 5.74) is 0.585. The maximum absolute atomic E-state index is 12.9. The summed E-state index contributed by atoms with van der Waals surface area (Å²) >= 11 is 3.22. The van der Waals surface area contributed by atoms with E-state index in [2.05, 4.69) is 22.9 Å². The molecule has 0 N–H and O–H groups in total. The van der Waals surface area contributed by atoms with Gasteiger partial charge in [0.25, 0.3) is 0 Å². The monoisotopic (exact) mass is 300 g/mol. The molecule has 0 aliphatic carbocycles. The lowest BCUT2D eigenvalue weighted by Gasteiger charge is -2.04. The van der Waals surface area contributed by atoms with Crippen LogP contribution >= 0.6 is 15.9 Å². The standard InChI is InChI=1S/C14H18BrFO/c1-2-3-4-5-6-7-14(17)12-9-8-11(16)10-13(12)15/h8-10H,2-7H2,1H3. The summed E-state index contributed by atoms with van der Waals surface area (Å²) in [6.45, 7) is 2.17. The summed E-state index contributed by atoms with van der Waals surface area (Å²) in [7, 11) is 0. The molecular weight excluding hydrogens is 283 g/mol. The second kappa shape index (κ2) is 7.59. The van der Waals surface area contributed by atoms with Crippen LogP contribution in [0.3, 0.4) is 0 Å². The minimum atomic E-state index is -0.323. The number of halogens is 2. The summed E-state index contributed by atoms with van der Waals surface area (Å²) in [4.78, 5) is 11.9. The van der Waals surface area contributed by atoms with Crippen LogP contribution in [0.25, 0.3) is 0 Å². The van der Waals surface area contributed by atoms with E-state index in [1.54, 1.807) is 6.07 Å². The van der Waals surface area contributed by atoms with Crippen LogP contribution in [0.5, 0.6) is 0 Å². The molecule has 3 heteroatoms. The molecule has 94 valence electrons. The average Bonchev–Trinajstić information content (AvgIpc) is 2.28. The molecule has 17 heavy (non-hydrogen) atoms. The molecular formula is C14H18BrFO. The zero-order valence-corrected chi connectivity index (χ0v) is 11.7. The van der Waals surface area contributed by atoms with E-state index < -0.39 is 0 Å². The van der Waals surface area contributed by atoms with Crippen LogP contribution in [0.1, 0.15) is 55.8 Å². The lowest BCUT2D eigenvalue weighted by Crippen LogP contribution is -2.00. The first-order chi connectivity index (χ1) is 8.15. The molecule has 0 amide bonds. The van der Waals surface area contributed by atoms with Crippen LogP contribution in [0.15, 0.2) is 22.7 Å². The van der Waals surface area contributed by atoms with Crippen LogP contribution in [0.4, 0.5) is 4.39 Å². The van der Waals surface area contributed by atoms with Gasteiger partial charge in [-0.3, -0.25) is 4.79 Å². The molecule has 0 heterocycles. The fraction of sp³-hybridized carbons (Fsp3) is 0.500. The van der Waals surface area contributed by atoms with Crippen LogP contribution in [0.2, 0.25) is 0 Å². The third kappa shape index (κ3) is 4.99. The number of unbranched alkanes of at least 4 members (excludes halogenated alkanes) is 4. The molecule has 0 radical (unpaired) electrons. The predicted octanol–water partition coefficient (Wildman–Crippen LogP) is 5.13. The van der Waals surface area contributed by atoms with Crippen LogP contribution in [-0.4, -0.2) is 5.78 Å². The Kier molecular flexibility index (Phi) is 6.41. The van der Waals surface area contributed by atoms with Crippen molar-refractivity contribution in [2.24, 2.45) is 0 Å². The number of benzene rings is 1. The zero-order valence-electron chi connectivity index (χ0n) is 10.1. The Balaban J connectivity index is 2.42. The Morgan fingerprint density at radius 1 is 1.24 bits per heavy atom. The highest BCUT2D eigenvalue weighted by Crippen LogP contribution is 2.20. The van der Waals surface area contributed by atoms with E-state index in [4.69, 9.17) is 0 Å². The van der Waals surface area contributed by atoms with Crippen molar-refractivity contribution >= 4 is 21.7 Å². The number of carbonyl (C=O) groups excluding carboxylic acids is 1. The second-order valence-electron chi connectivity index (χ2n) is 4.21. The van der Waals surface area contributed by atoms with Crippen molar-refractivity contribution in [3.05, 3.63) is 34.1 Å². The lowest BCUT2D eigenvalue weighted by molar-refractivity contribution is 0.0978. The van der Waals surface area contributed by atoms with Gasteiger partial charge in [-0.25, -0.2) is 4.39 Å². The largest absolute Gasteiger partial charge is 0.294 e. The van der Waals surface area contributed by atoms with Gasteiger partial charge in [0.05, 0.1) is 0 Å². The van der Waals surface area contributed by atoms with Gasteiger partial charge in [-0.15, -0.1) is 0 Å². The summed E-state index contributed by atoms with van der Waals surface area (Å²) in [6.07, 6.45) is 6.19. The first-order valence-corrected chi connectivity index (χ1v) is 6.92. The number of hydrogen-bond donors (Lipinski definition) is 0. The number of rotatable bonds is 7. The molecule has 1 rings (SSSR count). The zero-order chi connectivity index (χ0) is 12.7. The molecule has 0 atom stereocenters. The third-order valence-corrected chi connectivity index (χ3v) is 3.40. The van der Waals surface area contributed by atoms with Crippen molar-refractivity contribution < 1.29 is 9.18 Å². The second-order valence-corrected chi connectivity index (χ2v) is 5.07. The minimum absolute atomic E-state index is 0.0911. The van der Waals surface area contributed by atoms with Gasteiger partial charge < -0.3 is 0 Å². The highest BCUT2D eigenvalue weighted by atomic mass is 79.9. The Morgan fingerprint density at radius 3 is 2.59 bits per heavy atom. The molecule has 0 spiro atoms. The summed E-state index contributed by atoms with van der Waals surface area (Å²) in [5, 5.41) is 0. The summed E-state index contributed by atoms with van der Waals surface area (Å²) in [5.74, 6) is -0.232. The fourth-order valence-electron chi connectivity index (χ4n) is 1.74. The molecule has 0 aliphatic rings. The number of carbonyl (C=O) groups is 1. The molecule has 1 aromatic carbocycles. The highest BCUT2D eigenvalue weighted by Gasteiger charge is 2.10. The van der Waals surface area contributed by atoms with Crippen molar-refractivity contribution in [1.82, 2.24) is 0 Å². The van der Waals surface area contributed by atoms with Crippen molar-refractivity contribution in [3.8, 4) is 0 Å².